The molecule has 2 aromatic rings. The van der Waals surface area contributed by atoms with E-state index in [1.807, 2.05) is 12.1 Å². The van der Waals surface area contributed by atoms with Gasteiger partial charge in [0.15, 0.2) is 0 Å². The molecule has 0 radical (unpaired) electrons. The monoisotopic (exact) mass is 301 g/mol. The standard InChI is InChI=1S/C17H19NO4/c19-11-12-7-8-18(9-12)10-13-5-6-16(22-13)14-3-1-2-4-15(14)17(20)21/h1-6,12,19H,7-11H2,(H,20,21)/t12-/m0/s1. The molecule has 0 bridgehead atoms. The molecule has 5 heteroatoms. The van der Waals surface area contributed by atoms with E-state index in [0.29, 0.717) is 23.8 Å². The number of rotatable bonds is 5. The van der Waals surface area contributed by atoms with Crippen LogP contribution in [0.1, 0.15) is 22.5 Å². The lowest BCUT2D eigenvalue weighted by Crippen LogP contribution is -2.20. The number of aromatic carboxylic acids is 1. The molecule has 0 unspecified atom stereocenters. The fourth-order valence-electron chi connectivity index (χ4n) is 2.92. The largest absolute Gasteiger partial charge is 0.478 e. The van der Waals surface area contributed by atoms with E-state index in [0.717, 1.165) is 25.3 Å². The first-order chi connectivity index (χ1) is 10.7. The number of aliphatic hydroxyl groups excluding tert-OH is 1. The van der Waals surface area contributed by atoms with Crippen molar-refractivity contribution in [3.63, 3.8) is 0 Å². The number of carboxylic acid groups (broad SMARTS) is 1. The summed E-state index contributed by atoms with van der Waals surface area (Å²) in [6.07, 6.45) is 1.01. The average Bonchev–Trinajstić information content (AvgIpc) is 3.17. The summed E-state index contributed by atoms with van der Waals surface area (Å²) in [4.78, 5) is 13.5. The number of carbonyl (C=O) groups is 1. The number of furan rings is 1. The summed E-state index contributed by atoms with van der Waals surface area (Å²) in [5.74, 6) is 0.778. The number of hydrogen-bond donors (Lipinski definition) is 2. The van der Waals surface area contributed by atoms with Crippen LogP contribution in [0.5, 0.6) is 0 Å². The van der Waals surface area contributed by atoms with Gasteiger partial charge in [-0.15, -0.1) is 0 Å². The van der Waals surface area contributed by atoms with Gasteiger partial charge in [0.05, 0.1) is 12.1 Å². The third-order valence-corrected chi connectivity index (χ3v) is 4.09. The highest BCUT2D eigenvalue weighted by atomic mass is 16.4. The summed E-state index contributed by atoms with van der Waals surface area (Å²) in [6.45, 7) is 2.74. The molecule has 5 nitrogen and oxygen atoms in total. The number of benzene rings is 1. The first-order valence-corrected chi connectivity index (χ1v) is 7.42. The van der Waals surface area contributed by atoms with Crippen LogP contribution in [-0.2, 0) is 6.54 Å². The molecule has 2 heterocycles. The molecule has 22 heavy (non-hydrogen) atoms. The van der Waals surface area contributed by atoms with E-state index in [-0.39, 0.29) is 12.2 Å². The van der Waals surface area contributed by atoms with E-state index in [1.165, 1.54) is 0 Å². The van der Waals surface area contributed by atoms with Gasteiger partial charge >= 0.3 is 5.97 Å². The molecular weight excluding hydrogens is 282 g/mol. The van der Waals surface area contributed by atoms with Crippen molar-refractivity contribution in [3.05, 3.63) is 47.7 Å². The lowest BCUT2D eigenvalue weighted by molar-refractivity contribution is 0.0697. The lowest BCUT2D eigenvalue weighted by Gasteiger charge is -2.13. The second-order valence-corrected chi connectivity index (χ2v) is 5.69. The Morgan fingerprint density at radius 2 is 2.09 bits per heavy atom. The van der Waals surface area contributed by atoms with E-state index in [9.17, 15) is 15.0 Å². The third kappa shape index (κ3) is 3.05. The van der Waals surface area contributed by atoms with Crippen molar-refractivity contribution < 1.29 is 19.4 Å². The van der Waals surface area contributed by atoms with Crippen LogP contribution in [0.3, 0.4) is 0 Å². The predicted molar refractivity (Wildman–Crippen MR) is 81.6 cm³/mol. The SMILES string of the molecule is O=C(O)c1ccccc1-c1ccc(CN2CC[C@H](CO)C2)o1. The molecule has 1 atom stereocenters. The van der Waals surface area contributed by atoms with Gasteiger partial charge < -0.3 is 14.6 Å². The van der Waals surface area contributed by atoms with Crippen LogP contribution in [0.2, 0.25) is 0 Å². The Kier molecular flexibility index (Phi) is 4.27. The highest BCUT2D eigenvalue weighted by molar-refractivity contribution is 5.95. The van der Waals surface area contributed by atoms with Gasteiger partial charge in [-0.25, -0.2) is 4.79 Å². The minimum Gasteiger partial charge on any atom is -0.478 e. The van der Waals surface area contributed by atoms with E-state index in [2.05, 4.69) is 4.90 Å². The molecule has 1 aromatic heterocycles. The van der Waals surface area contributed by atoms with E-state index in [1.54, 1.807) is 24.3 Å². The zero-order valence-corrected chi connectivity index (χ0v) is 12.2. The zero-order chi connectivity index (χ0) is 15.5. The average molecular weight is 301 g/mol. The number of hydrogen-bond acceptors (Lipinski definition) is 4. The maximum Gasteiger partial charge on any atom is 0.336 e. The highest BCUT2D eigenvalue weighted by Crippen LogP contribution is 2.27. The van der Waals surface area contributed by atoms with Crippen molar-refractivity contribution in [1.82, 2.24) is 4.90 Å². The summed E-state index contributed by atoms with van der Waals surface area (Å²) in [6, 6.07) is 10.5. The van der Waals surface area contributed by atoms with E-state index >= 15 is 0 Å². The molecule has 2 N–H and O–H groups in total. The number of nitrogens with zero attached hydrogens (tertiary/aromatic N) is 1. The van der Waals surface area contributed by atoms with Gasteiger partial charge in [0.2, 0.25) is 0 Å². The molecule has 0 aliphatic carbocycles. The predicted octanol–water partition coefficient (Wildman–Crippen LogP) is 2.46. The van der Waals surface area contributed by atoms with Crippen molar-refractivity contribution in [3.8, 4) is 11.3 Å². The van der Waals surface area contributed by atoms with Gasteiger partial charge in [-0.3, -0.25) is 4.90 Å². The van der Waals surface area contributed by atoms with Gasteiger partial charge in [0.25, 0.3) is 0 Å². The Balaban J connectivity index is 1.76. The van der Waals surface area contributed by atoms with Crippen molar-refractivity contribution in [1.29, 1.82) is 0 Å². The van der Waals surface area contributed by atoms with Gasteiger partial charge in [-0.05, 0) is 37.1 Å². The highest BCUT2D eigenvalue weighted by Gasteiger charge is 2.22. The first kappa shape index (κ1) is 14.8. The van der Waals surface area contributed by atoms with Crippen molar-refractivity contribution in [2.45, 2.75) is 13.0 Å². The Labute approximate surface area is 128 Å². The van der Waals surface area contributed by atoms with Crippen LogP contribution < -0.4 is 0 Å². The summed E-state index contributed by atoms with van der Waals surface area (Å²) in [7, 11) is 0. The maximum atomic E-state index is 11.3. The van der Waals surface area contributed by atoms with Crippen LogP contribution >= 0.6 is 0 Å². The number of carboxylic acids is 1. The molecule has 1 aromatic carbocycles. The molecule has 0 spiro atoms. The molecule has 1 aliphatic rings. The van der Waals surface area contributed by atoms with Gasteiger partial charge in [0, 0.05) is 18.7 Å². The van der Waals surface area contributed by atoms with Crippen LogP contribution in [0.15, 0.2) is 40.8 Å². The molecule has 0 amide bonds. The maximum absolute atomic E-state index is 11.3. The molecule has 0 saturated carbocycles. The summed E-state index contributed by atoms with van der Waals surface area (Å²) in [5.41, 5.74) is 0.834. The molecular formula is C17H19NO4. The van der Waals surface area contributed by atoms with Crippen LogP contribution in [0.4, 0.5) is 0 Å². The Hall–Kier alpha value is -2.11. The topological polar surface area (TPSA) is 73.9 Å². The number of aliphatic hydroxyl groups is 1. The lowest BCUT2D eigenvalue weighted by atomic mass is 10.1. The minimum atomic E-state index is -0.959. The zero-order valence-electron chi connectivity index (χ0n) is 12.2. The Morgan fingerprint density at radius 1 is 1.27 bits per heavy atom. The van der Waals surface area contributed by atoms with Crippen LogP contribution in [-0.4, -0.2) is 40.8 Å². The molecule has 1 saturated heterocycles. The van der Waals surface area contributed by atoms with Crippen molar-refractivity contribution in [2.24, 2.45) is 5.92 Å². The third-order valence-electron chi connectivity index (χ3n) is 4.09. The normalized spacial score (nSPS) is 18.7. The fraction of sp³-hybridized carbons (Fsp3) is 0.353. The van der Waals surface area contributed by atoms with Crippen LogP contribution in [0, 0.1) is 5.92 Å². The minimum absolute atomic E-state index is 0.228. The Bertz CT molecular complexity index is 664. The van der Waals surface area contributed by atoms with Crippen molar-refractivity contribution in [2.75, 3.05) is 19.7 Å². The first-order valence-electron chi connectivity index (χ1n) is 7.42. The van der Waals surface area contributed by atoms with Gasteiger partial charge in [-0.2, -0.15) is 0 Å². The molecule has 116 valence electrons. The summed E-state index contributed by atoms with van der Waals surface area (Å²) >= 11 is 0. The smallest absolute Gasteiger partial charge is 0.336 e. The molecule has 1 fully saturated rings. The van der Waals surface area contributed by atoms with Crippen molar-refractivity contribution >= 4 is 5.97 Å². The van der Waals surface area contributed by atoms with Crippen LogP contribution in [0.25, 0.3) is 11.3 Å². The van der Waals surface area contributed by atoms with Gasteiger partial charge in [0.1, 0.15) is 11.5 Å². The summed E-state index contributed by atoms with van der Waals surface area (Å²) < 4.78 is 5.82. The van der Waals surface area contributed by atoms with E-state index < -0.39 is 5.97 Å². The molecule has 1 aliphatic heterocycles. The second kappa shape index (κ2) is 6.34. The summed E-state index contributed by atoms with van der Waals surface area (Å²) in [5, 5.41) is 18.4. The number of likely N-dealkylation sites (tertiary alicyclic amines) is 1. The molecule has 3 rings (SSSR count). The second-order valence-electron chi connectivity index (χ2n) is 5.69. The fourth-order valence-corrected chi connectivity index (χ4v) is 2.92. The van der Waals surface area contributed by atoms with E-state index in [4.69, 9.17) is 4.42 Å². The van der Waals surface area contributed by atoms with Gasteiger partial charge in [-0.1, -0.05) is 18.2 Å². The quantitative estimate of drug-likeness (QED) is 0.887. The Morgan fingerprint density at radius 3 is 2.82 bits per heavy atom.